The Hall–Kier alpha value is -3.17. The van der Waals surface area contributed by atoms with Crippen molar-refractivity contribution >= 4 is 40.4 Å². The monoisotopic (exact) mass is 486 g/mol. The maximum absolute atomic E-state index is 13.2. The van der Waals surface area contributed by atoms with Gasteiger partial charge in [0.15, 0.2) is 0 Å². The van der Waals surface area contributed by atoms with Crippen molar-refractivity contribution in [3.8, 4) is 11.5 Å². The fourth-order valence-corrected chi connectivity index (χ4v) is 4.77. The van der Waals surface area contributed by atoms with Gasteiger partial charge in [-0.25, -0.2) is 0 Å². The molecule has 0 aliphatic carbocycles. The van der Waals surface area contributed by atoms with Gasteiger partial charge in [-0.2, -0.15) is 0 Å². The number of hydrogen-bond donors (Lipinski definition) is 1. The van der Waals surface area contributed by atoms with E-state index in [0.717, 1.165) is 17.8 Å². The molecule has 0 spiro atoms. The van der Waals surface area contributed by atoms with Crippen LogP contribution in [0.1, 0.15) is 43.9 Å². The molecule has 0 bridgehead atoms. The number of benzene rings is 2. The van der Waals surface area contributed by atoms with Crippen LogP contribution in [0.2, 0.25) is 5.02 Å². The van der Waals surface area contributed by atoms with Gasteiger partial charge in [0.2, 0.25) is 5.01 Å². The average molecular weight is 487 g/mol. The molecule has 2 aromatic carbocycles. The van der Waals surface area contributed by atoms with Crippen molar-refractivity contribution in [2.75, 3.05) is 32.6 Å². The van der Waals surface area contributed by atoms with E-state index in [1.54, 1.807) is 61.6 Å². The molecule has 2 heterocycles. The second-order valence-electron chi connectivity index (χ2n) is 7.60. The van der Waals surface area contributed by atoms with E-state index < -0.39 is 0 Å². The van der Waals surface area contributed by atoms with E-state index in [2.05, 4.69) is 15.5 Å². The highest BCUT2D eigenvalue weighted by Crippen LogP contribution is 2.31. The number of amides is 2. The minimum absolute atomic E-state index is 0.0143. The molecular weight excluding hydrogens is 464 g/mol. The van der Waals surface area contributed by atoms with Crippen LogP contribution in [0, 0.1) is 0 Å². The molecule has 10 heteroatoms. The number of piperidine rings is 1. The van der Waals surface area contributed by atoms with Crippen LogP contribution in [0.15, 0.2) is 42.5 Å². The predicted octanol–water partition coefficient (Wildman–Crippen LogP) is 4.48. The van der Waals surface area contributed by atoms with Crippen molar-refractivity contribution in [3.05, 3.63) is 63.1 Å². The van der Waals surface area contributed by atoms with Crippen molar-refractivity contribution < 1.29 is 19.1 Å². The summed E-state index contributed by atoms with van der Waals surface area (Å²) in [5, 5.41) is 12.6. The Kier molecular flexibility index (Phi) is 7.10. The van der Waals surface area contributed by atoms with Crippen LogP contribution in [0.4, 0.5) is 5.69 Å². The van der Waals surface area contributed by atoms with E-state index in [1.807, 2.05) is 0 Å². The zero-order valence-electron chi connectivity index (χ0n) is 18.2. The van der Waals surface area contributed by atoms with Gasteiger partial charge in [0, 0.05) is 41.3 Å². The minimum atomic E-state index is -0.340. The van der Waals surface area contributed by atoms with E-state index in [-0.39, 0.29) is 22.7 Å². The summed E-state index contributed by atoms with van der Waals surface area (Å²) in [6.45, 7) is 1.15. The number of carbonyl (C=O) groups excluding carboxylic acids is 2. The van der Waals surface area contributed by atoms with Crippen molar-refractivity contribution in [3.63, 3.8) is 0 Å². The molecule has 1 aliphatic heterocycles. The zero-order valence-corrected chi connectivity index (χ0v) is 19.8. The Labute approximate surface area is 200 Å². The van der Waals surface area contributed by atoms with Gasteiger partial charge in [-0.15, -0.1) is 10.2 Å². The van der Waals surface area contributed by atoms with Crippen LogP contribution >= 0.6 is 22.9 Å². The summed E-state index contributed by atoms with van der Waals surface area (Å²) >= 11 is 7.22. The zero-order chi connectivity index (χ0) is 23.4. The molecule has 0 saturated carbocycles. The molecule has 0 radical (unpaired) electrons. The third-order valence-electron chi connectivity index (χ3n) is 5.37. The van der Waals surface area contributed by atoms with E-state index in [4.69, 9.17) is 21.1 Å². The molecule has 1 N–H and O–H groups in total. The summed E-state index contributed by atoms with van der Waals surface area (Å²) in [7, 11) is 3.10. The maximum atomic E-state index is 13.2. The number of aromatic nitrogens is 2. The molecular formula is C23H23ClN4O4S. The molecule has 1 aliphatic rings. The van der Waals surface area contributed by atoms with E-state index >= 15 is 0 Å². The Bertz CT molecular complexity index is 1150. The first kappa shape index (κ1) is 23.0. The quantitative estimate of drug-likeness (QED) is 0.552. The van der Waals surface area contributed by atoms with Crippen molar-refractivity contribution in [1.29, 1.82) is 0 Å². The number of rotatable bonds is 6. The lowest BCUT2D eigenvalue weighted by atomic mass is 9.98. The molecule has 0 unspecified atom stereocenters. The number of nitrogens with zero attached hydrogens (tertiary/aromatic N) is 3. The highest BCUT2D eigenvalue weighted by Gasteiger charge is 2.29. The first-order valence-electron chi connectivity index (χ1n) is 10.4. The van der Waals surface area contributed by atoms with E-state index in [9.17, 15) is 9.59 Å². The van der Waals surface area contributed by atoms with Crippen LogP contribution in [0.25, 0.3) is 0 Å². The molecule has 4 rings (SSSR count). The van der Waals surface area contributed by atoms with Gasteiger partial charge < -0.3 is 19.7 Å². The molecule has 8 nitrogen and oxygen atoms in total. The summed E-state index contributed by atoms with van der Waals surface area (Å²) in [6, 6.07) is 12.1. The summed E-state index contributed by atoms with van der Waals surface area (Å²) in [5.41, 5.74) is 1.10. The van der Waals surface area contributed by atoms with Gasteiger partial charge in [-0.05, 0) is 43.2 Å². The number of hydrogen-bond acceptors (Lipinski definition) is 7. The number of likely N-dealkylation sites (tertiary alicyclic amines) is 1. The lowest BCUT2D eigenvalue weighted by Crippen LogP contribution is -2.39. The van der Waals surface area contributed by atoms with Crippen molar-refractivity contribution in [2.45, 2.75) is 18.8 Å². The number of methoxy groups -OCH3 is 2. The Morgan fingerprint density at radius 2 is 1.88 bits per heavy atom. The predicted molar refractivity (Wildman–Crippen MR) is 127 cm³/mol. The molecule has 3 aromatic rings. The number of anilines is 1. The number of halogens is 1. The Morgan fingerprint density at radius 1 is 1.12 bits per heavy atom. The van der Waals surface area contributed by atoms with Gasteiger partial charge in [0.25, 0.3) is 11.8 Å². The largest absolute Gasteiger partial charge is 0.497 e. The van der Waals surface area contributed by atoms with Gasteiger partial charge in [0.1, 0.15) is 16.5 Å². The molecule has 172 valence electrons. The highest BCUT2D eigenvalue weighted by atomic mass is 35.5. The highest BCUT2D eigenvalue weighted by molar-refractivity contribution is 7.13. The van der Waals surface area contributed by atoms with Gasteiger partial charge in [0.05, 0.1) is 14.2 Å². The van der Waals surface area contributed by atoms with Crippen LogP contribution < -0.4 is 14.8 Å². The summed E-state index contributed by atoms with van der Waals surface area (Å²) in [5.74, 6) is 0.700. The second-order valence-corrected chi connectivity index (χ2v) is 9.05. The van der Waals surface area contributed by atoms with E-state index in [1.165, 1.54) is 11.3 Å². The third kappa shape index (κ3) is 5.43. The molecule has 2 amide bonds. The first-order valence-corrected chi connectivity index (χ1v) is 11.6. The topological polar surface area (TPSA) is 93.7 Å². The van der Waals surface area contributed by atoms with Crippen molar-refractivity contribution in [2.24, 2.45) is 0 Å². The fourth-order valence-electron chi connectivity index (χ4n) is 3.72. The smallest absolute Gasteiger partial charge is 0.286 e. The van der Waals surface area contributed by atoms with Gasteiger partial charge in [-0.3, -0.25) is 9.59 Å². The minimum Gasteiger partial charge on any atom is -0.497 e. The standard InChI is InChI=1S/C23H23ClN4O4S/c1-31-18-9-15(10-19(12-18)32-2)23(30)28-8-4-5-14(13-28)21-26-27-22(33-21)20(29)25-17-7-3-6-16(24)11-17/h3,6-7,9-12,14H,4-5,8,13H2,1-2H3,(H,25,29)/t14-/m0/s1. The summed E-state index contributed by atoms with van der Waals surface area (Å²) in [6.07, 6.45) is 1.71. The molecule has 1 atom stereocenters. The average Bonchev–Trinajstić information content (AvgIpc) is 3.34. The normalized spacial score (nSPS) is 15.7. The molecule has 33 heavy (non-hydrogen) atoms. The third-order valence-corrected chi connectivity index (χ3v) is 6.69. The van der Waals surface area contributed by atoms with Crippen LogP contribution in [0.3, 0.4) is 0 Å². The summed E-state index contributed by atoms with van der Waals surface area (Å²) < 4.78 is 10.6. The molecule has 1 fully saturated rings. The van der Waals surface area contributed by atoms with Crippen molar-refractivity contribution in [1.82, 2.24) is 15.1 Å². The first-order chi connectivity index (χ1) is 16.0. The maximum Gasteiger partial charge on any atom is 0.286 e. The second kappa shape index (κ2) is 10.2. The lowest BCUT2D eigenvalue weighted by molar-refractivity contribution is 0.0706. The Balaban J connectivity index is 1.45. The van der Waals surface area contributed by atoms with Gasteiger partial charge in [-0.1, -0.05) is 29.0 Å². The summed E-state index contributed by atoms with van der Waals surface area (Å²) in [4.78, 5) is 27.5. The molecule has 1 aromatic heterocycles. The Morgan fingerprint density at radius 3 is 2.58 bits per heavy atom. The fraction of sp³-hybridized carbons (Fsp3) is 0.304. The van der Waals surface area contributed by atoms with Gasteiger partial charge >= 0.3 is 0 Å². The van der Waals surface area contributed by atoms with Crippen LogP contribution in [-0.4, -0.2) is 54.2 Å². The number of carbonyl (C=O) groups is 2. The lowest BCUT2D eigenvalue weighted by Gasteiger charge is -2.31. The molecule has 1 saturated heterocycles. The van der Waals surface area contributed by atoms with Crippen LogP contribution in [0.5, 0.6) is 11.5 Å². The van der Waals surface area contributed by atoms with Crippen LogP contribution in [-0.2, 0) is 0 Å². The SMILES string of the molecule is COc1cc(OC)cc(C(=O)N2CCC[C@H](c3nnc(C(=O)Nc4cccc(Cl)c4)s3)C2)c1. The number of nitrogens with one attached hydrogen (secondary N) is 1. The number of ether oxygens (including phenoxy) is 2. The van der Waals surface area contributed by atoms with E-state index in [0.29, 0.717) is 40.9 Å².